The summed E-state index contributed by atoms with van der Waals surface area (Å²) in [6, 6.07) is 16.2. The maximum Gasteiger partial charge on any atom is 0.253 e. The highest BCUT2D eigenvalue weighted by atomic mass is 16.5. The summed E-state index contributed by atoms with van der Waals surface area (Å²) in [6.45, 7) is 9.31. The van der Waals surface area contributed by atoms with Gasteiger partial charge in [-0.2, -0.15) is 0 Å². The first kappa shape index (κ1) is 24.5. The van der Waals surface area contributed by atoms with E-state index in [2.05, 4.69) is 48.0 Å². The predicted octanol–water partition coefficient (Wildman–Crippen LogP) is 4.28. The van der Waals surface area contributed by atoms with Gasteiger partial charge in [0.25, 0.3) is 5.91 Å². The van der Waals surface area contributed by atoms with Crippen LogP contribution in [0.3, 0.4) is 0 Å². The number of aromatic nitrogens is 1. The fourth-order valence-electron chi connectivity index (χ4n) is 4.99. The number of carbonyl (C=O) groups is 1. The van der Waals surface area contributed by atoms with Crippen molar-refractivity contribution in [1.82, 2.24) is 14.8 Å². The van der Waals surface area contributed by atoms with Crippen molar-refractivity contribution >= 4 is 16.8 Å². The Bertz CT molecular complexity index is 1190. The van der Waals surface area contributed by atoms with Crippen LogP contribution < -0.4 is 9.47 Å². The third kappa shape index (κ3) is 5.63. The number of carbonyl (C=O) groups excluding carboxylic acids is 1. The molecule has 1 fully saturated rings. The second kappa shape index (κ2) is 11.3. The zero-order valence-electron chi connectivity index (χ0n) is 21.2. The lowest BCUT2D eigenvalue weighted by atomic mass is 10.1. The monoisotopic (exact) mass is 489 g/mol. The van der Waals surface area contributed by atoms with Crippen molar-refractivity contribution in [3.8, 4) is 11.5 Å². The van der Waals surface area contributed by atoms with Gasteiger partial charge in [-0.15, -0.1) is 0 Å². The molecule has 1 aromatic heterocycles. The van der Waals surface area contributed by atoms with Crippen LogP contribution in [0.2, 0.25) is 0 Å². The first-order chi connectivity index (χ1) is 17.6. The Hall–Kier alpha value is -3.16. The van der Waals surface area contributed by atoms with E-state index in [1.165, 1.54) is 0 Å². The smallest absolute Gasteiger partial charge is 0.253 e. The largest absolute Gasteiger partial charge is 0.490 e. The van der Waals surface area contributed by atoms with Crippen molar-refractivity contribution in [3.63, 3.8) is 0 Å². The van der Waals surface area contributed by atoms with E-state index >= 15 is 0 Å². The maximum atomic E-state index is 13.8. The molecule has 0 spiro atoms. The topological polar surface area (TPSA) is 64.1 Å². The molecule has 190 valence electrons. The minimum Gasteiger partial charge on any atom is -0.490 e. The fourth-order valence-corrected chi connectivity index (χ4v) is 4.99. The lowest BCUT2D eigenvalue weighted by Gasteiger charge is -2.36. The summed E-state index contributed by atoms with van der Waals surface area (Å²) in [7, 11) is 0. The molecular formula is C29H35N3O4. The Morgan fingerprint density at radius 3 is 2.75 bits per heavy atom. The molecule has 0 unspecified atom stereocenters. The van der Waals surface area contributed by atoms with Crippen LogP contribution in [0.25, 0.3) is 10.9 Å². The van der Waals surface area contributed by atoms with Gasteiger partial charge in [-0.3, -0.25) is 14.7 Å². The van der Waals surface area contributed by atoms with Crippen LogP contribution in [0.5, 0.6) is 11.5 Å². The van der Waals surface area contributed by atoms with Crippen LogP contribution in [0.4, 0.5) is 0 Å². The Labute approximate surface area is 213 Å². The van der Waals surface area contributed by atoms with Crippen molar-refractivity contribution in [2.75, 3.05) is 39.5 Å². The predicted molar refractivity (Wildman–Crippen MR) is 139 cm³/mol. The second-order valence-electron chi connectivity index (χ2n) is 9.99. The molecule has 7 heteroatoms. The first-order valence-corrected chi connectivity index (χ1v) is 12.9. The van der Waals surface area contributed by atoms with Crippen LogP contribution in [-0.4, -0.2) is 66.2 Å². The van der Waals surface area contributed by atoms with Gasteiger partial charge in [0.15, 0.2) is 11.5 Å². The van der Waals surface area contributed by atoms with Crippen molar-refractivity contribution in [1.29, 1.82) is 0 Å². The number of amides is 1. The minimum atomic E-state index is -0.500. The molecule has 0 bridgehead atoms. The van der Waals surface area contributed by atoms with Gasteiger partial charge in [-0.05, 0) is 23.6 Å². The van der Waals surface area contributed by atoms with Gasteiger partial charge in [-0.25, -0.2) is 0 Å². The quantitative estimate of drug-likeness (QED) is 0.494. The molecule has 0 aliphatic carbocycles. The van der Waals surface area contributed by atoms with Gasteiger partial charge in [-0.1, -0.05) is 50.2 Å². The Morgan fingerprint density at radius 2 is 1.86 bits per heavy atom. The van der Waals surface area contributed by atoms with Crippen LogP contribution in [0, 0.1) is 5.92 Å². The molecule has 3 heterocycles. The number of ether oxygens (including phenoxy) is 3. The lowest BCUT2D eigenvalue weighted by Crippen LogP contribution is -2.51. The number of hydrogen-bond acceptors (Lipinski definition) is 6. The highest BCUT2D eigenvalue weighted by Crippen LogP contribution is 2.34. The molecule has 2 aromatic carbocycles. The first-order valence-electron chi connectivity index (χ1n) is 12.9. The van der Waals surface area contributed by atoms with Gasteiger partial charge in [0, 0.05) is 56.3 Å². The van der Waals surface area contributed by atoms with Gasteiger partial charge in [0.05, 0.1) is 25.3 Å². The van der Waals surface area contributed by atoms with E-state index < -0.39 is 6.10 Å². The molecule has 7 nitrogen and oxygen atoms in total. The summed E-state index contributed by atoms with van der Waals surface area (Å²) in [4.78, 5) is 22.6. The SMILES string of the molecule is CC(C)CN(Cc1cccc2cccnc12)C(=O)[C@H]1CN(Cc2cccc3c2OCCCO3)CCO1. The molecule has 5 rings (SSSR count). The van der Waals surface area contributed by atoms with Crippen molar-refractivity contribution in [2.45, 2.75) is 39.5 Å². The van der Waals surface area contributed by atoms with E-state index in [1.54, 1.807) is 0 Å². The van der Waals surface area contributed by atoms with Crippen LogP contribution >= 0.6 is 0 Å². The van der Waals surface area contributed by atoms with E-state index in [0.717, 1.165) is 46.5 Å². The average Bonchev–Trinajstić information content (AvgIpc) is 3.14. The molecule has 36 heavy (non-hydrogen) atoms. The highest BCUT2D eigenvalue weighted by Gasteiger charge is 2.31. The third-order valence-corrected chi connectivity index (χ3v) is 6.65. The van der Waals surface area contributed by atoms with E-state index in [-0.39, 0.29) is 5.91 Å². The molecule has 0 radical (unpaired) electrons. The zero-order valence-corrected chi connectivity index (χ0v) is 21.2. The third-order valence-electron chi connectivity index (χ3n) is 6.65. The normalized spacial score (nSPS) is 18.2. The summed E-state index contributed by atoms with van der Waals surface area (Å²) in [5.41, 5.74) is 3.09. The average molecular weight is 490 g/mol. The molecule has 1 amide bonds. The molecule has 1 atom stereocenters. The molecule has 2 aliphatic rings. The van der Waals surface area contributed by atoms with E-state index in [9.17, 15) is 4.79 Å². The highest BCUT2D eigenvalue weighted by molar-refractivity contribution is 5.84. The number of morpholine rings is 1. The number of benzene rings is 2. The Morgan fingerprint density at radius 1 is 1.06 bits per heavy atom. The molecular weight excluding hydrogens is 454 g/mol. The van der Waals surface area contributed by atoms with Crippen LogP contribution in [-0.2, 0) is 22.6 Å². The van der Waals surface area contributed by atoms with Crippen molar-refractivity contribution in [3.05, 3.63) is 65.9 Å². The summed E-state index contributed by atoms with van der Waals surface area (Å²) in [5.74, 6) is 2.01. The minimum absolute atomic E-state index is 0.0350. The van der Waals surface area contributed by atoms with Gasteiger partial charge < -0.3 is 19.1 Å². The Balaban J connectivity index is 1.31. The van der Waals surface area contributed by atoms with Crippen molar-refractivity contribution in [2.24, 2.45) is 5.92 Å². The van der Waals surface area contributed by atoms with E-state index in [0.29, 0.717) is 51.9 Å². The molecule has 2 aliphatic heterocycles. The lowest BCUT2D eigenvalue weighted by molar-refractivity contribution is -0.151. The van der Waals surface area contributed by atoms with Crippen molar-refractivity contribution < 1.29 is 19.0 Å². The maximum absolute atomic E-state index is 13.8. The zero-order chi connectivity index (χ0) is 24.9. The molecule has 3 aromatic rings. The number of nitrogens with zero attached hydrogens (tertiary/aromatic N) is 3. The van der Waals surface area contributed by atoms with Crippen LogP contribution in [0.15, 0.2) is 54.7 Å². The molecule has 0 N–H and O–H groups in total. The second-order valence-corrected chi connectivity index (χ2v) is 9.99. The Kier molecular flexibility index (Phi) is 7.68. The van der Waals surface area contributed by atoms with Gasteiger partial charge in [0.1, 0.15) is 6.10 Å². The van der Waals surface area contributed by atoms with E-state index in [4.69, 9.17) is 14.2 Å². The summed E-state index contributed by atoms with van der Waals surface area (Å²) in [6.07, 6.45) is 2.18. The van der Waals surface area contributed by atoms with E-state index in [1.807, 2.05) is 35.4 Å². The summed E-state index contributed by atoms with van der Waals surface area (Å²) in [5, 5.41) is 1.08. The number of para-hydroxylation sites is 2. The summed E-state index contributed by atoms with van der Waals surface area (Å²) >= 11 is 0. The molecule has 1 saturated heterocycles. The fraction of sp³-hybridized carbons (Fsp3) is 0.448. The van der Waals surface area contributed by atoms with Gasteiger partial charge >= 0.3 is 0 Å². The number of fused-ring (bicyclic) bond motifs is 2. The number of hydrogen-bond donors (Lipinski definition) is 0. The van der Waals surface area contributed by atoms with Gasteiger partial charge in [0.2, 0.25) is 0 Å². The number of pyridine rings is 1. The number of rotatable bonds is 7. The summed E-state index contributed by atoms with van der Waals surface area (Å²) < 4.78 is 17.9. The van der Waals surface area contributed by atoms with Crippen LogP contribution in [0.1, 0.15) is 31.4 Å². The standard InChI is InChI=1S/C29H35N3O4/c1-21(2)17-32(19-23-8-3-7-22-10-5-12-30-27(22)23)29(33)26-20-31(13-16-35-26)18-24-9-4-11-25-28(24)36-15-6-14-34-25/h3-5,7-12,21,26H,6,13-20H2,1-2H3/t26-/m1/s1. The molecule has 0 saturated carbocycles.